The minimum Gasteiger partial charge on any atom is -0.497 e. The summed E-state index contributed by atoms with van der Waals surface area (Å²) in [5, 5.41) is 4.73. The number of rotatable bonds is 6. The highest BCUT2D eigenvalue weighted by Crippen LogP contribution is 2.39. The number of hydrogen-bond donors (Lipinski definition) is 1. The highest BCUT2D eigenvalue weighted by Gasteiger charge is 2.41. The zero-order valence-electron chi connectivity index (χ0n) is 17.2. The quantitative estimate of drug-likeness (QED) is 0.564. The summed E-state index contributed by atoms with van der Waals surface area (Å²) in [6.45, 7) is 2.52. The van der Waals surface area contributed by atoms with Gasteiger partial charge < -0.3 is 10.1 Å². The Morgan fingerprint density at radius 3 is 2.39 bits per heavy atom. The van der Waals surface area contributed by atoms with Crippen LogP contribution in [-0.4, -0.2) is 21.3 Å². The lowest BCUT2D eigenvalue weighted by molar-refractivity contribution is 0.104. The molecule has 0 spiro atoms. The molecular weight excluding hydrogens is 432 g/mol. The van der Waals surface area contributed by atoms with Crippen molar-refractivity contribution in [2.45, 2.75) is 20.0 Å². The molecule has 0 aliphatic carbocycles. The van der Waals surface area contributed by atoms with Crippen LogP contribution in [0.5, 0.6) is 5.75 Å². The Morgan fingerprint density at radius 1 is 1.03 bits per heavy atom. The Bertz CT molecular complexity index is 1230. The van der Waals surface area contributed by atoms with E-state index in [9.17, 15) is 13.2 Å². The van der Waals surface area contributed by atoms with Crippen molar-refractivity contribution in [2.75, 3.05) is 11.4 Å². The molecule has 1 N–H and O–H groups in total. The number of carbonyl (C=O) groups excluding carboxylic acids is 1. The number of ether oxygens (including phenoxy) is 1. The number of benzene rings is 2. The molecule has 0 amide bonds. The normalized spacial score (nSPS) is 16.3. The molecule has 0 fully saturated rings. The van der Waals surface area contributed by atoms with Gasteiger partial charge in [-0.1, -0.05) is 42.0 Å². The van der Waals surface area contributed by atoms with Gasteiger partial charge in [-0.3, -0.25) is 9.10 Å². The zero-order valence-corrected chi connectivity index (χ0v) is 18.8. The number of carbonyl (C=O) groups is 1. The lowest BCUT2D eigenvalue weighted by atomic mass is 10.1. The van der Waals surface area contributed by atoms with E-state index < -0.39 is 15.8 Å². The lowest BCUT2D eigenvalue weighted by Gasteiger charge is -2.29. The summed E-state index contributed by atoms with van der Waals surface area (Å²) in [7, 11) is -2.41. The van der Waals surface area contributed by atoms with Gasteiger partial charge in [0.15, 0.2) is 4.91 Å². The van der Waals surface area contributed by atoms with Gasteiger partial charge in [-0.15, -0.1) is 11.3 Å². The molecule has 0 atom stereocenters. The van der Waals surface area contributed by atoms with E-state index in [0.717, 1.165) is 22.4 Å². The average molecular weight is 455 g/mol. The summed E-state index contributed by atoms with van der Waals surface area (Å²) in [5.74, 6) is 0.261. The summed E-state index contributed by atoms with van der Waals surface area (Å²) < 4.78 is 33.2. The van der Waals surface area contributed by atoms with Gasteiger partial charge in [-0.05, 0) is 41.6 Å². The van der Waals surface area contributed by atoms with E-state index in [1.807, 2.05) is 55.5 Å². The van der Waals surface area contributed by atoms with Gasteiger partial charge in [0, 0.05) is 12.7 Å². The number of aryl methyl sites for hydroxylation is 1. The second kappa shape index (κ2) is 8.56. The number of methoxy groups -OCH3 is 1. The Hall–Kier alpha value is -3.10. The van der Waals surface area contributed by atoms with Crippen molar-refractivity contribution in [3.63, 3.8) is 0 Å². The first-order valence-corrected chi connectivity index (χ1v) is 12.0. The van der Waals surface area contributed by atoms with Gasteiger partial charge >= 0.3 is 0 Å². The molecule has 0 unspecified atom stereocenters. The number of ketones is 1. The number of Topliss-reactive ketones (excluding diaryl/α,β-unsaturated/α-hetero) is 1. The first-order chi connectivity index (χ1) is 14.9. The van der Waals surface area contributed by atoms with Crippen LogP contribution in [0.25, 0.3) is 0 Å². The molecule has 0 saturated carbocycles. The van der Waals surface area contributed by atoms with Crippen LogP contribution in [0, 0.1) is 6.92 Å². The van der Waals surface area contributed by atoms with Gasteiger partial charge in [0.2, 0.25) is 5.78 Å². The van der Waals surface area contributed by atoms with Gasteiger partial charge in [-0.2, -0.15) is 0 Å². The van der Waals surface area contributed by atoms with Gasteiger partial charge in [0.1, 0.15) is 10.6 Å². The van der Waals surface area contributed by atoms with Crippen LogP contribution in [0.3, 0.4) is 0 Å². The average Bonchev–Trinajstić information content (AvgIpc) is 3.25. The van der Waals surface area contributed by atoms with Crippen molar-refractivity contribution in [3.8, 4) is 5.75 Å². The summed E-state index contributed by atoms with van der Waals surface area (Å²) >= 11 is 1.25. The van der Waals surface area contributed by atoms with E-state index in [0.29, 0.717) is 17.1 Å². The van der Waals surface area contributed by atoms with Crippen LogP contribution in [0.15, 0.2) is 71.1 Å². The Balaban J connectivity index is 1.62. The van der Waals surface area contributed by atoms with E-state index in [1.165, 1.54) is 21.8 Å². The Labute approximate surface area is 185 Å². The predicted molar refractivity (Wildman–Crippen MR) is 123 cm³/mol. The van der Waals surface area contributed by atoms with Crippen molar-refractivity contribution in [2.24, 2.45) is 0 Å². The summed E-state index contributed by atoms with van der Waals surface area (Å²) in [4.78, 5) is 13.1. The molecule has 3 aromatic rings. The number of nitrogens with one attached hydrogen (secondary N) is 1. The fraction of sp³-hybridized carbons (Fsp3) is 0.174. The molecule has 0 bridgehead atoms. The fourth-order valence-corrected chi connectivity index (χ4v) is 5.83. The summed E-state index contributed by atoms with van der Waals surface area (Å²) in [6.07, 6.45) is 1.31. The van der Waals surface area contributed by atoms with E-state index in [1.54, 1.807) is 18.6 Å². The van der Waals surface area contributed by atoms with Gasteiger partial charge in [-0.25, -0.2) is 8.42 Å². The molecule has 0 saturated heterocycles. The number of allylic oxidation sites excluding steroid dienone is 1. The third-order valence-electron chi connectivity index (χ3n) is 5.06. The second-order valence-electron chi connectivity index (χ2n) is 7.20. The molecule has 6 nitrogen and oxygen atoms in total. The standard InChI is InChI=1S/C23H22N2O4S2/c1-16-3-5-18(6-4-16)15-25-20-11-12-30-23(20)22(26)21(31(25,27)28)14-24-13-17-7-9-19(29-2)10-8-17/h3-12,14,24H,13,15H2,1-2H3. The van der Waals surface area contributed by atoms with Crippen molar-refractivity contribution in [1.29, 1.82) is 0 Å². The maximum atomic E-state index is 13.4. The number of anilines is 1. The van der Waals surface area contributed by atoms with Crippen LogP contribution in [0.1, 0.15) is 26.4 Å². The van der Waals surface area contributed by atoms with E-state index in [2.05, 4.69) is 5.32 Å². The van der Waals surface area contributed by atoms with Crippen molar-refractivity contribution >= 4 is 32.8 Å². The second-order valence-corrected chi connectivity index (χ2v) is 9.95. The Morgan fingerprint density at radius 2 is 1.71 bits per heavy atom. The maximum absolute atomic E-state index is 13.4. The maximum Gasteiger partial charge on any atom is 0.270 e. The number of hydrogen-bond acceptors (Lipinski definition) is 6. The monoisotopic (exact) mass is 454 g/mol. The van der Waals surface area contributed by atoms with Crippen LogP contribution in [-0.2, 0) is 23.1 Å². The molecule has 1 aliphatic heterocycles. The molecule has 4 rings (SSSR count). The highest BCUT2D eigenvalue weighted by molar-refractivity contribution is 7.97. The lowest BCUT2D eigenvalue weighted by Crippen LogP contribution is -2.38. The minimum atomic E-state index is -4.00. The first-order valence-electron chi connectivity index (χ1n) is 9.67. The van der Waals surface area contributed by atoms with Crippen molar-refractivity contribution < 1.29 is 17.9 Å². The molecule has 2 aromatic carbocycles. The number of nitrogens with zero attached hydrogens (tertiary/aromatic N) is 1. The molecule has 2 heterocycles. The third kappa shape index (κ3) is 4.22. The van der Waals surface area contributed by atoms with Crippen molar-refractivity contribution in [3.05, 3.63) is 92.6 Å². The third-order valence-corrected chi connectivity index (χ3v) is 7.72. The van der Waals surface area contributed by atoms with E-state index >= 15 is 0 Å². The smallest absolute Gasteiger partial charge is 0.270 e. The molecule has 8 heteroatoms. The Kier molecular flexibility index (Phi) is 5.84. The number of fused-ring (bicyclic) bond motifs is 1. The SMILES string of the molecule is COc1ccc(CNC=C2C(=O)c3sccc3N(Cc3ccc(C)cc3)S2(=O)=O)cc1. The van der Waals surface area contributed by atoms with Crippen LogP contribution in [0.4, 0.5) is 5.69 Å². The van der Waals surface area contributed by atoms with E-state index in [4.69, 9.17) is 4.74 Å². The first kappa shape index (κ1) is 21.1. The number of thiophene rings is 1. The fourth-order valence-electron chi connectivity index (χ4n) is 3.32. The number of sulfonamides is 1. The van der Waals surface area contributed by atoms with Crippen LogP contribution >= 0.6 is 11.3 Å². The summed E-state index contributed by atoms with van der Waals surface area (Å²) in [5.41, 5.74) is 3.32. The van der Waals surface area contributed by atoms with Crippen LogP contribution < -0.4 is 14.4 Å². The molecule has 1 aromatic heterocycles. The molecule has 0 radical (unpaired) electrons. The van der Waals surface area contributed by atoms with Gasteiger partial charge in [0.25, 0.3) is 10.0 Å². The molecule has 31 heavy (non-hydrogen) atoms. The van der Waals surface area contributed by atoms with E-state index in [-0.39, 0.29) is 11.4 Å². The molecule has 1 aliphatic rings. The minimum absolute atomic E-state index is 0.162. The predicted octanol–water partition coefficient (Wildman–Crippen LogP) is 4.23. The highest BCUT2D eigenvalue weighted by atomic mass is 32.2. The zero-order chi connectivity index (χ0) is 22.0. The van der Waals surface area contributed by atoms with Crippen molar-refractivity contribution in [1.82, 2.24) is 5.32 Å². The van der Waals surface area contributed by atoms with Crippen LogP contribution in [0.2, 0.25) is 0 Å². The topological polar surface area (TPSA) is 75.7 Å². The summed E-state index contributed by atoms with van der Waals surface area (Å²) in [6, 6.07) is 16.8. The largest absolute Gasteiger partial charge is 0.497 e. The molecule has 160 valence electrons. The molecular formula is C23H22N2O4S2. The van der Waals surface area contributed by atoms with Gasteiger partial charge in [0.05, 0.1) is 19.3 Å².